The molecule has 8 heteroatoms. The predicted octanol–water partition coefficient (Wildman–Crippen LogP) is 1.49. The summed E-state index contributed by atoms with van der Waals surface area (Å²) in [6.45, 7) is 5.48. The first-order valence-electron chi connectivity index (χ1n) is 7.30. The van der Waals surface area contributed by atoms with Crippen molar-refractivity contribution in [3.05, 3.63) is 47.2 Å². The van der Waals surface area contributed by atoms with Crippen LogP contribution in [-0.2, 0) is 16.1 Å². The number of rotatable bonds is 5. The van der Waals surface area contributed by atoms with Gasteiger partial charge in [0.2, 0.25) is 0 Å². The molecular weight excluding hydrogens is 314 g/mol. The summed E-state index contributed by atoms with van der Waals surface area (Å²) >= 11 is 0. The molecule has 0 fully saturated rings. The number of imide groups is 1. The maximum absolute atomic E-state index is 12.3. The van der Waals surface area contributed by atoms with Crippen molar-refractivity contribution in [1.29, 1.82) is 0 Å². The van der Waals surface area contributed by atoms with Crippen LogP contribution in [0.4, 0.5) is 4.79 Å². The van der Waals surface area contributed by atoms with Gasteiger partial charge in [0.15, 0.2) is 6.10 Å². The third-order valence-electron chi connectivity index (χ3n) is 3.59. The highest BCUT2D eigenvalue weighted by Crippen LogP contribution is 2.19. The van der Waals surface area contributed by atoms with Crippen LogP contribution in [0.1, 0.15) is 34.4 Å². The molecule has 0 spiro atoms. The quantitative estimate of drug-likeness (QED) is 0.804. The minimum Gasteiger partial charge on any atom is -0.467 e. The molecule has 2 aromatic rings. The first kappa shape index (κ1) is 17.3. The zero-order chi connectivity index (χ0) is 17.9. The number of urea groups is 1. The summed E-state index contributed by atoms with van der Waals surface area (Å²) in [5.74, 6) is -0.674. The van der Waals surface area contributed by atoms with E-state index >= 15 is 0 Å². The Hall–Kier alpha value is -3.03. The van der Waals surface area contributed by atoms with Crippen molar-refractivity contribution >= 4 is 17.9 Å². The lowest BCUT2D eigenvalue weighted by molar-refractivity contribution is -0.127. The highest BCUT2D eigenvalue weighted by atomic mass is 16.5. The Balaban J connectivity index is 2.13. The van der Waals surface area contributed by atoms with E-state index in [0.717, 1.165) is 11.5 Å². The molecule has 1 unspecified atom stereocenters. The summed E-state index contributed by atoms with van der Waals surface area (Å²) in [7, 11) is 0. The van der Waals surface area contributed by atoms with Crippen LogP contribution >= 0.6 is 0 Å². The molecule has 3 amide bonds. The predicted molar refractivity (Wildman–Crippen MR) is 84.3 cm³/mol. The average molecular weight is 333 g/mol. The maximum atomic E-state index is 12.3. The fourth-order valence-corrected chi connectivity index (χ4v) is 2.31. The Morgan fingerprint density at radius 2 is 2.08 bits per heavy atom. The summed E-state index contributed by atoms with van der Waals surface area (Å²) in [6, 6.07) is 4.31. The van der Waals surface area contributed by atoms with Crippen LogP contribution in [0.3, 0.4) is 0 Å². The molecule has 0 saturated carbocycles. The summed E-state index contributed by atoms with van der Waals surface area (Å²) in [5.41, 5.74) is 6.75. The van der Waals surface area contributed by atoms with Crippen LogP contribution in [0.5, 0.6) is 0 Å². The fraction of sp³-hybridized carbons (Fsp3) is 0.312. The third kappa shape index (κ3) is 3.83. The molecule has 0 radical (unpaired) electrons. The number of carbonyl (C=O) groups excluding carboxylic acids is 3. The molecule has 3 N–H and O–H groups in total. The van der Waals surface area contributed by atoms with Gasteiger partial charge in [-0.05, 0) is 39.0 Å². The third-order valence-corrected chi connectivity index (χ3v) is 3.59. The van der Waals surface area contributed by atoms with E-state index in [4.69, 9.17) is 14.9 Å². The van der Waals surface area contributed by atoms with Crippen LogP contribution in [0.25, 0.3) is 0 Å². The summed E-state index contributed by atoms with van der Waals surface area (Å²) in [4.78, 5) is 34.5. The smallest absolute Gasteiger partial charge is 0.340 e. The van der Waals surface area contributed by atoms with Crippen LogP contribution in [0.15, 0.2) is 28.9 Å². The van der Waals surface area contributed by atoms with Gasteiger partial charge in [0.05, 0.1) is 18.4 Å². The van der Waals surface area contributed by atoms with Crippen molar-refractivity contribution in [3.63, 3.8) is 0 Å². The first-order chi connectivity index (χ1) is 11.3. The van der Waals surface area contributed by atoms with Gasteiger partial charge in [-0.25, -0.2) is 9.59 Å². The van der Waals surface area contributed by atoms with E-state index in [1.54, 1.807) is 25.3 Å². The van der Waals surface area contributed by atoms with Crippen molar-refractivity contribution < 1.29 is 23.5 Å². The van der Waals surface area contributed by atoms with Crippen molar-refractivity contribution in [2.75, 3.05) is 0 Å². The van der Waals surface area contributed by atoms with E-state index < -0.39 is 24.0 Å². The number of furan rings is 1. The largest absolute Gasteiger partial charge is 0.467 e. The molecule has 2 rings (SSSR count). The van der Waals surface area contributed by atoms with E-state index in [1.165, 1.54) is 6.92 Å². The average Bonchev–Trinajstić information content (AvgIpc) is 3.10. The number of amides is 3. The number of aromatic nitrogens is 1. The second-order valence-electron chi connectivity index (χ2n) is 5.35. The lowest BCUT2D eigenvalue weighted by Crippen LogP contribution is -2.42. The zero-order valence-corrected chi connectivity index (χ0v) is 13.7. The molecule has 24 heavy (non-hydrogen) atoms. The van der Waals surface area contributed by atoms with Gasteiger partial charge in [0.1, 0.15) is 5.76 Å². The SMILES string of the molecule is Cc1cc(C(=O)OC(C)C(=O)NC(N)=O)c(C)n1Cc1ccco1. The molecule has 128 valence electrons. The van der Waals surface area contributed by atoms with Crippen LogP contribution in [-0.4, -0.2) is 28.6 Å². The topological polar surface area (TPSA) is 117 Å². The molecule has 2 heterocycles. The van der Waals surface area contributed by atoms with Gasteiger partial charge in [-0.1, -0.05) is 0 Å². The van der Waals surface area contributed by atoms with Crippen LogP contribution < -0.4 is 11.1 Å². The molecule has 0 aliphatic heterocycles. The number of nitrogens with one attached hydrogen (secondary N) is 1. The number of hydrogen-bond donors (Lipinski definition) is 2. The van der Waals surface area contributed by atoms with Gasteiger partial charge in [-0.3, -0.25) is 10.1 Å². The molecule has 0 saturated heterocycles. The molecule has 8 nitrogen and oxygen atoms in total. The fourth-order valence-electron chi connectivity index (χ4n) is 2.31. The number of esters is 1. The highest BCUT2D eigenvalue weighted by molar-refractivity contribution is 5.98. The number of aryl methyl sites for hydroxylation is 1. The Morgan fingerprint density at radius 3 is 2.67 bits per heavy atom. The Morgan fingerprint density at radius 1 is 1.38 bits per heavy atom. The monoisotopic (exact) mass is 333 g/mol. The van der Waals surface area contributed by atoms with Crippen molar-refractivity contribution in [3.8, 4) is 0 Å². The van der Waals surface area contributed by atoms with E-state index in [1.807, 2.05) is 22.9 Å². The number of nitrogens with two attached hydrogens (primary N) is 1. The second kappa shape index (κ2) is 7.03. The highest BCUT2D eigenvalue weighted by Gasteiger charge is 2.23. The number of ether oxygens (including phenoxy) is 1. The molecule has 0 aliphatic rings. The second-order valence-corrected chi connectivity index (χ2v) is 5.35. The van der Waals surface area contributed by atoms with E-state index in [9.17, 15) is 14.4 Å². The lowest BCUT2D eigenvalue weighted by atomic mass is 10.2. The molecule has 1 atom stereocenters. The minimum atomic E-state index is -1.14. The van der Waals surface area contributed by atoms with Gasteiger partial charge in [0, 0.05) is 11.4 Å². The minimum absolute atomic E-state index is 0.345. The van der Waals surface area contributed by atoms with Crippen molar-refractivity contribution in [1.82, 2.24) is 9.88 Å². The first-order valence-corrected chi connectivity index (χ1v) is 7.30. The Kier molecular flexibility index (Phi) is 5.08. The molecule has 0 aliphatic carbocycles. The van der Waals surface area contributed by atoms with Crippen molar-refractivity contribution in [2.24, 2.45) is 5.73 Å². The number of primary amides is 1. The summed E-state index contributed by atoms with van der Waals surface area (Å²) in [6.07, 6.45) is 0.440. The van der Waals surface area contributed by atoms with E-state index in [0.29, 0.717) is 17.8 Å². The number of nitrogens with zero attached hydrogens (tertiary/aromatic N) is 1. The molecule has 0 bridgehead atoms. The van der Waals surface area contributed by atoms with E-state index in [-0.39, 0.29) is 0 Å². The van der Waals surface area contributed by atoms with Gasteiger partial charge >= 0.3 is 12.0 Å². The van der Waals surface area contributed by atoms with E-state index in [2.05, 4.69) is 0 Å². The zero-order valence-electron chi connectivity index (χ0n) is 13.7. The summed E-state index contributed by atoms with van der Waals surface area (Å²) in [5, 5.41) is 1.87. The van der Waals surface area contributed by atoms with Gasteiger partial charge in [-0.15, -0.1) is 0 Å². The Labute approximate surface area is 138 Å². The van der Waals surface area contributed by atoms with Crippen molar-refractivity contribution in [2.45, 2.75) is 33.4 Å². The van der Waals surface area contributed by atoms with Gasteiger partial charge < -0.3 is 19.5 Å². The summed E-state index contributed by atoms with van der Waals surface area (Å²) < 4.78 is 12.3. The standard InChI is InChI=1S/C16H19N3O5/c1-9-7-13(10(2)19(9)8-12-5-4-6-23-12)15(21)24-11(3)14(20)18-16(17)22/h4-7,11H,8H2,1-3H3,(H3,17,18,20,22). The number of carbonyl (C=O) groups is 3. The normalized spacial score (nSPS) is 11.8. The molecule has 2 aromatic heterocycles. The van der Waals surface area contributed by atoms with Crippen LogP contribution in [0, 0.1) is 13.8 Å². The maximum Gasteiger partial charge on any atom is 0.340 e. The van der Waals surface area contributed by atoms with Gasteiger partial charge in [0.25, 0.3) is 5.91 Å². The van der Waals surface area contributed by atoms with Crippen LogP contribution in [0.2, 0.25) is 0 Å². The molecule has 0 aromatic carbocycles. The van der Waals surface area contributed by atoms with Gasteiger partial charge in [-0.2, -0.15) is 0 Å². The number of hydrogen-bond acceptors (Lipinski definition) is 5. The lowest BCUT2D eigenvalue weighted by Gasteiger charge is -2.12. The molecular formula is C16H19N3O5. The Bertz CT molecular complexity index is 761.